The SMILES string of the molecule is CN1C[C@H](C(=O)NCCCn2ccc3ccccc32)Oc2ccccc21. The van der Waals surface area contributed by atoms with Gasteiger partial charge < -0.3 is 19.5 Å². The standard InChI is InChI=1S/C21H23N3O2/c1-23-15-20(26-19-10-5-4-9-18(19)23)21(25)22-12-6-13-24-14-11-16-7-2-3-8-17(16)24/h2-5,7-11,14,20H,6,12-13,15H2,1H3,(H,22,25)/t20-/m1/s1. The molecule has 2 heterocycles. The summed E-state index contributed by atoms with van der Waals surface area (Å²) in [7, 11) is 1.98. The molecule has 0 bridgehead atoms. The molecule has 1 aromatic heterocycles. The van der Waals surface area contributed by atoms with Crippen LogP contribution in [0.25, 0.3) is 10.9 Å². The number of carbonyl (C=O) groups is 1. The second-order valence-electron chi connectivity index (χ2n) is 6.67. The third kappa shape index (κ3) is 3.25. The molecule has 5 heteroatoms. The lowest BCUT2D eigenvalue weighted by Crippen LogP contribution is -2.48. The van der Waals surface area contributed by atoms with Crippen molar-refractivity contribution in [2.45, 2.75) is 19.1 Å². The van der Waals surface area contributed by atoms with Crippen LogP contribution in [0.4, 0.5) is 5.69 Å². The number of para-hydroxylation sites is 3. The van der Waals surface area contributed by atoms with Gasteiger partial charge in [0.1, 0.15) is 5.75 Å². The maximum absolute atomic E-state index is 12.5. The van der Waals surface area contributed by atoms with Gasteiger partial charge in [0.25, 0.3) is 5.91 Å². The largest absolute Gasteiger partial charge is 0.477 e. The summed E-state index contributed by atoms with van der Waals surface area (Å²) < 4.78 is 8.09. The minimum atomic E-state index is -0.470. The number of nitrogens with one attached hydrogen (secondary N) is 1. The first-order valence-corrected chi connectivity index (χ1v) is 9.01. The zero-order chi connectivity index (χ0) is 17.9. The van der Waals surface area contributed by atoms with Crippen LogP contribution in [0.5, 0.6) is 5.75 Å². The Morgan fingerprint density at radius 3 is 2.88 bits per heavy atom. The van der Waals surface area contributed by atoms with Gasteiger partial charge in [-0.3, -0.25) is 4.79 Å². The second-order valence-corrected chi connectivity index (χ2v) is 6.67. The summed E-state index contributed by atoms with van der Waals surface area (Å²) in [6.07, 6.45) is 2.51. The molecule has 0 saturated carbocycles. The van der Waals surface area contributed by atoms with Gasteiger partial charge in [0, 0.05) is 31.9 Å². The summed E-state index contributed by atoms with van der Waals surface area (Å²) in [5.41, 5.74) is 2.25. The first-order chi connectivity index (χ1) is 12.7. The van der Waals surface area contributed by atoms with Crippen molar-refractivity contribution < 1.29 is 9.53 Å². The number of benzene rings is 2. The van der Waals surface area contributed by atoms with E-state index in [9.17, 15) is 4.79 Å². The molecule has 1 amide bonds. The lowest BCUT2D eigenvalue weighted by Gasteiger charge is -2.32. The molecule has 1 N–H and O–H groups in total. The van der Waals surface area contributed by atoms with E-state index in [2.05, 4.69) is 45.2 Å². The smallest absolute Gasteiger partial charge is 0.262 e. The van der Waals surface area contributed by atoms with Crippen molar-refractivity contribution in [2.24, 2.45) is 0 Å². The van der Waals surface area contributed by atoms with Crippen molar-refractivity contribution in [1.82, 2.24) is 9.88 Å². The number of likely N-dealkylation sites (N-methyl/N-ethyl adjacent to an activating group) is 1. The van der Waals surface area contributed by atoms with E-state index in [0.29, 0.717) is 13.1 Å². The number of fused-ring (bicyclic) bond motifs is 2. The van der Waals surface area contributed by atoms with E-state index in [0.717, 1.165) is 24.4 Å². The highest BCUT2D eigenvalue weighted by atomic mass is 16.5. The Bertz CT molecular complexity index is 918. The maximum Gasteiger partial charge on any atom is 0.262 e. The molecule has 0 fully saturated rings. The van der Waals surface area contributed by atoms with E-state index < -0.39 is 6.10 Å². The molecule has 0 radical (unpaired) electrons. The number of amides is 1. The van der Waals surface area contributed by atoms with Gasteiger partial charge in [-0.05, 0) is 36.1 Å². The zero-order valence-corrected chi connectivity index (χ0v) is 14.9. The van der Waals surface area contributed by atoms with Crippen LogP contribution in [0.3, 0.4) is 0 Å². The van der Waals surface area contributed by atoms with E-state index in [4.69, 9.17) is 4.74 Å². The zero-order valence-electron chi connectivity index (χ0n) is 14.9. The molecule has 5 nitrogen and oxygen atoms in total. The number of nitrogens with zero attached hydrogens (tertiary/aromatic N) is 2. The first kappa shape index (κ1) is 16.5. The molecule has 134 valence electrons. The fraction of sp³-hybridized carbons (Fsp3) is 0.286. The van der Waals surface area contributed by atoms with Crippen LogP contribution in [0.2, 0.25) is 0 Å². The minimum Gasteiger partial charge on any atom is -0.477 e. The van der Waals surface area contributed by atoms with Crippen LogP contribution in [0.1, 0.15) is 6.42 Å². The Kier molecular flexibility index (Phi) is 4.52. The summed E-state index contributed by atoms with van der Waals surface area (Å²) in [5, 5.41) is 4.25. The lowest BCUT2D eigenvalue weighted by atomic mass is 10.2. The summed E-state index contributed by atoms with van der Waals surface area (Å²) >= 11 is 0. The number of hydrogen-bond donors (Lipinski definition) is 1. The summed E-state index contributed by atoms with van der Waals surface area (Å²) in [5.74, 6) is 0.712. The van der Waals surface area contributed by atoms with Crippen LogP contribution in [-0.4, -0.2) is 36.7 Å². The van der Waals surface area contributed by atoms with E-state index in [-0.39, 0.29) is 5.91 Å². The molecule has 4 rings (SSSR count). The molecular formula is C21H23N3O2. The number of anilines is 1. The van der Waals surface area contributed by atoms with Crippen LogP contribution < -0.4 is 15.0 Å². The number of aromatic nitrogens is 1. The predicted molar refractivity (Wildman–Crippen MR) is 104 cm³/mol. The summed E-state index contributed by atoms with van der Waals surface area (Å²) in [6, 6.07) is 18.3. The number of ether oxygens (including phenoxy) is 1. The molecule has 0 saturated heterocycles. The average molecular weight is 349 g/mol. The van der Waals surface area contributed by atoms with E-state index in [1.54, 1.807) is 0 Å². The normalized spacial score (nSPS) is 16.2. The van der Waals surface area contributed by atoms with Gasteiger partial charge in [-0.25, -0.2) is 0 Å². The maximum atomic E-state index is 12.5. The highest BCUT2D eigenvalue weighted by molar-refractivity contribution is 5.83. The number of hydrogen-bond acceptors (Lipinski definition) is 3. The van der Waals surface area contributed by atoms with Crippen LogP contribution >= 0.6 is 0 Å². The summed E-state index contributed by atoms with van der Waals surface area (Å²) in [4.78, 5) is 14.5. The first-order valence-electron chi connectivity index (χ1n) is 9.01. The van der Waals surface area contributed by atoms with E-state index >= 15 is 0 Å². The Labute approximate surface area is 153 Å². The summed E-state index contributed by atoms with van der Waals surface area (Å²) in [6.45, 7) is 2.07. The van der Waals surface area contributed by atoms with E-state index in [1.807, 2.05) is 37.4 Å². The van der Waals surface area contributed by atoms with Gasteiger partial charge >= 0.3 is 0 Å². The van der Waals surface area contributed by atoms with Crippen molar-refractivity contribution in [3.05, 3.63) is 60.8 Å². The third-order valence-corrected chi connectivity index (χ3v) is 4.83. The van der Waals surface area contributed by atoms with Gasteiger partial charge in [0.05, 0.1) is 12.2 Å². The number of aryl methyl sites for hydroxylation is 1. The second kappa shape index (κ2) is 7.12. The fourth-order valence-electron chi connectivity index (χ4n) is 3.46. The van der Waals surface area contributed by atoms with Crippen molar-refractivity contribution in [2.75, 3.05) is 25.0 Å². The molecular weight excluding hydrogens is 326 g/mol. The molecule has 0 aliphatic carbocycles. The molecule has 0 unspecified atom stereocenters. The molecule has 3 aromatic rings. The Morgan fingerprint density at radius 1 is 1.15 bits per heavy atom. The van der Waals surface area contributed by atoms with Gasteiger partial charge in [-0.2, -0.15) is 0 Å². The van der Waals surface area contributed by atoms with Gasteiger partial charge in [0.2, 0.25) is 0 Å². The van der Waals surface area contributed by atoms with Gasteiger partial charge in [-0.15, -0.1) is 0 Å². The van der Waals surface area contributed by atoms with Crippen LogP contribution in [0, 0.1) is 0 Å². The van der Waals surface area contributed by atoms with Crippen molar-refractivity contribution >= 4 is 22.5 Å². The van der Waals surface area contributed by atoms with E-state index in [1.165, 1.54) is 10.9 Å². The Balaban J connectivity index is 1.29. The predicted octanol–water partition coefficient (Wildman–Crippen LogP) is 3.05. The van der Waals surface area contributed by atoms with Crippen LogP contribution in [0.15, 0.2) is 60.8 Å². The molecule has 2 aromatic carbocycles. The molecule has 1 aliphatic heterocycles. The molecule has 1 aliphatic rings. The van der Waals surface area contributed by atoms with Crippen molar-refractivity contribution in [1.29, 1.82) is 0 Å². The minimum absolute atomic E-state index is 0.0521. The molecule has 1 atom stereocenters. The average Bonchev–Trinajstić information content (AvgIpc) is 3.08. The Hall–Kier alpha value is -2.95. The quantitative estimate of drug-likeness (QED) is 0.720. The highest BCUT2D eigenvalue weighted by Crippen LogP contribution is 2.31. The number of carbonyl (C=O) groups excluding carboxylic acids is 1. The topological polar surface area (TPSA) is 46.5 Å². The Morgan fingerprint density at radius 2 is 1.96 bits per heavy atom. The van der Waals surface area contributed by atoms with Gasteiger partial charge in [0.15, 0.2) is 6.10 Å². The molecule has 26 heavy (non-hydrogen) atoms. The molecule has 0 spiro atoms. The fourth-order valence-corrected chi connectivity index (χ4v) is 3.46. The van der Waals surface area contributed by atoms with Crippen LogP contribution in [-0.2, 0) is 11.3 Å². The number of rotatable bonds is 5. The highest BCUT2D eigenvalue weighted by Gasteiger charge is 2.28. The van der Waals surface area contributed by atoms with Crippen molar-refractivity contribution in [3.63, 3.8) is 0 Å². The third-order valence-electron chi connectivity index (χ3n) is 4.83. The monoisotopic (exact) mass is 349 g/mol. The lowest BCUT2D eigenvalue weighted by molar-refractivity contribution is -0.127. The van der Waals surface area contributed by atoms with Crippen molar-refractivity contribution in [3.8, 4) is 5.75 Å². The van der Waals surface area contributed by atoms with Gasteiger partial charge in [-0.1, -0.05) is 30.3 Å².